The molecule has 1 aromatic rings. The molecule has 0 aromatic heterocycles. The van der Waals surface area contributed by atoms with Crippen LogP contribution in [0.1, 0.15) is 12.0 Å². The van der Waals surface area contributed by atoms with Crippen LogP contribution in [0.2, 0.25) is 0 Å². The first-order valence-corrected chi connectivity index (χ1v) is 5.68. The van der Waals surface area contributed by atoms with Gasteiger partial charge in [0.15, 0.2) is 0 Å². The zero-order valence-electron chi connectivity index (χ0n) is 9.97. The van der Waals surface area contributed by atoms with Crippen LogP contribution >= 0.6 is 0 Å². The van der Waals surface area contributed by atoms with Crippen molar-refractivity contribution in [2.45, 2.75) is 12.8 Å². The minimum atomic E-state index is -1.12. The molecule has 0 aliphatic carbocycles. The summed E-state index contributed by atoms with van der Waals surface area (Å²) in [6.45, 7) is 0.357. The lowest BCUT2D eigenvalue weighted by molar-refractivity contribution is -0.385. The Labute approximate surface area is 108 Å². The van der Waals surface area contributed by atoms with Crippen molar-refractivity contribution in [2.75, 3.05) is 13.2 Å². The molecule has 2 rings (SSSR count). The number of carboxylic acids is 1. The molecule has 7 heteroatoms. The second kappa shape index (κ2) is 4.93. The van der Waals surface area contributed by atoms with Gasteiger partial charge >= 0.3 is 5.97 Å². The molecule has 0 saturated carbocycles. The SMILES string of the molecule is O=C(O)C1(Cc2cc(F)cc([N+](=O)[O-])c2)CCOC1. The highest BCUT2D eigenvalue weighted by atomic mass is 19.1. The first-order valence-electron chi connectivity index (χ1n) is 5.68. The summed E-state index contributed by atoms with van der Waals surface area (Å²) in [5.74, 6) is -1.78. The molecule has 1 unspecified atom stereocenters. The van der Waals surface area contributed by atoms with E-state index < -0.39 is 22.1 Å². The number of nitro groups is 1. The molecule has 1 atom stereocenters. The van der Waals surface area contributed by atoms with E-state index in [1.165, 1.54) is 6.07 Å². The lowest BCUT2D eigenvalue weighted by Gasteiger charge is -2.21. The highest BCUT2D eigenvalue weighted by Gasteiger charge is 2.42. The van der Waals surface area contributed by atoms with Gasteiger partial charge in [-0.1, -0.05) is 0 Å². The Morgan fingerprint density at radius 3 is 2.79 bits per heavy atom. The van der Waals surface area contributed by atoms with Crippen LogP contribution < -0.4 is 0 Å². The van der Waals surface area contributed by atoms with Crippen LogP contribution in [-0.2, 0) is 16.0 Å². The first kappa shape index (κ1) is 13.4. The third kappa shape index (κ3) is 2.70. The van der Waals surface area contributed by atoms with Gasteiger partial charge in [0.05, 0.1) is 23.0 Å². The Hall–Kier alpha value is -2.02. The fourth-order valence-corrected chi connectivity index (χ4v) is 2.22. The lowest BCUT2D eigenvalue weighted by Crippen LogP contribution is -2.33. The molecule has 0 bridgehead atoms. The topological polar surface area (TPSA) is 89.7 Å². The van der Waals surface area contributed by atoms with Crippen molar-refractivity contribution < 1.29 is 24.0 Å². The highest BCUT2D eigenvalue weighted by Crippen LogP contribution is 2.34. The number of hydrogen-bond donors (Lipinski definition) is 1. The van der Waals surface area contributed by atoms with E-state index in [9.17, 15) is 24.4 Å². The minimum Gasteiger partial charge on any atom is -0.481 e. The fraction of sp³-hybridized carbons (Fsp3) is 0.417. The monoisotopic (exact) mass is 269 g/mol. The molecule has 1 aliphatic rings. The molecule has 1 fully saturated rings. The molecule has 1 aliphatic heterocycles. The van der Waals surface area contributed by atoms with Crippen LogP contribution in [0.5, 0.6) is 0 Å². The fourth-order valence-electron chi connectivity index (χ4n) is 2.22. The molecule has 1 heterocycles. The van der Waals surface area contributed by atoms with E-state index in [2.05, 4.69) is 0 Å². The van der Waals surface area contributed by atoms with E-state index in [4.69, 9.17) is 4.74 Å². The van der Waals surface area contributed by atoms with E-state index >= 15 is 0 Å². The Bertz CT molecular complexity index is 525. The number of carboxylic acid groups (broad SMARTS) is 1. The lowest BCUT2D eigenvalue weighted by atomic mass is 9.81. The first-order chi connectivity index (χ1) is 8.93. The third-order valence-electron chi connectivity index (χ3n) is 3.25. The van der Waals surface area contributed by atoms with Gasteiger partial charge in [-0.3, -0.25) is 14.9 Å². The smallest absolute Gasteiger partial charge is 0.312 e. The number of non-ortho nitro benzene ring substituents is 1. The zero-order chi connectivity index (χ0) is 14.0. The molecule has 6 nitrogen and oxygen atoms in total. The summed E-state index contributed by atoms with van der Waals surface area (Å²) in [6, 6.07) is 3.13. The minimum absolute atomic E-state index is 0.0148. The molecule has 1 saturated heterocycles. The van der Waals surface area contributed by atoms with Crippen molar-refractivity contribution in [3.05, 3.63) is 39.7 Å². The molecular formula is C12H12FNO5. The van der Waals surface area contributed by atoms with E-state index in [-0.39, 0.29) is 18.7 Å². The predicted octanol–water partition coefficient (Wildman–Crippen LogP) is 1.77. The van der Waals surface area contributed by atoms with Gasteiger partial charge in [0.25, 0.3) is 5.69 Å². The number of benzene rings is 1. The van der Waals surface area contributed by atoms with Crippen molar-refractivity contribution in [1.82, 2.24) is 0 Å². The number of hydrogen-bond acceptors (Lipinski definition) is 4. The van der Waals surface area contributed by atoms with E-state index in [1.807, 2.05) is 0 Å². The average Bonchev–Trinajstić information content (AvgIpc) is 2.78. The van der Waals surface area contributed by atoms with E-state index in [0.717, 1.165) is 12.1 Å². The number of rotatable bonds is 4. The average molecular weight is 269 g/mol. The summed E-state index contributed by atoms with van der Waals surface area (Å²) in [4.78, 5) is 21.3. The number of halogens is 1. The number of nitro benzene ring substituents is 1. The number of nitrogens with zero attached hydrogens (tertiary/aromatic N) is 1. The molecule has 1 aromatic carbocycles. The molecule has 1 N–H and O–H groups in total. The van der Waals surface area contributed by atoms with E-state index in [0.29, 0.717) is 18.6 Å². The molecule has 0 spiro atoms. The Morgan fingerprint density at radius 1 is 1.53 bits per heavy atom. The van der Waals surface area contributed by atoms with Crippen molar-refractivity contribution in [3.63, 3.8) is 0 Å². The second-order valence-corrected chi connectivity index (χ2v) is 4.64. The summed E-state index contributed by atoms with van der Waals surface area (Å²) < 4.78 is 18.4. The largest absolute Gasteiger partial charge is 0.481 e. The quantitative estimate of drug-likeness (QED) is 0.664. The molecule has 102 valence electrons. The van der Waals surface area contributed by atoms with Crippen molar-refractivity contribution in [1.29, 1.82) is 0 Å². The van der Waals surface area contributed by atoms with Crippen LogP contribution in [0, 0.1) is 21.3 Å². The predicted molar refractivity (Wildman–Crippen MR) is 62.3 cm³/mol. The second-order valence-electron chi connectivity index (χ2n) is 4.64. The van der Waals surface area contributed by atoms with Gasteiger partial charge in [-0.2, -0.15) is 0 Å². The van der Waals surface area contributed by atoms with Crippen molar-refractivity contribution in [3.8, 4) is 0 Å². The van der Waals surface area contributed by atoms with Crippen molar-refractivity contribution in [2.24, 2.45) is 5.41 Å². The highest BCUT2D eigenvalue weighted by molar-refractivity contribution is 5.75. The Kier molecular flexibility index (Phi) is 3.48. The number of carbonyl (C=O) groups is 1. The van der Waals surface area contributed by atoms with Gasteiger partial charge in [-0.15, -0.1) is 0 Å². The molecule has 0 radical (unpaired) electrons. The van der Waals surface area contributed by atoms with Crippen LogP contribution in [-0.4, -0.2) is 29.2 Å². The maximum absolute atomic E-state index is 13.3. The van der Waals surface area contributed by atoms with Gasteiger partial charge < -0.3 is 9.84 Å². The maximum atomic E-state index is 13.3. The summed E-state index contributed by atoms with van der Waals surface area (Å²) in [5, 5.41) is 19.9. The third-order valence-corrected chi connectivity index (χ3v) is 3.25. The van der Waals surface area contributed by atoms with Gasteiger partial charge in [0, 0.05) is 12.7 Å². The van der Waals surface area contributed by atoms with Crippen molar-refractivity contribution >= 4 is 11.7 Å². The number of ether oxygens (including phenoxy) is 1. The van der Waals surface area contributed by atoms with E-state index in [1.54, 1.807) is 0 Å². The zero-order valence-corrected chi connectivity index (χ0v) is 9.97. The van der Waals surface area contributed by atoms with Crippen LogP contribution in [0.15, 0.2) is 18.2 Å². The molecular weight excluding hydrogens is 257 g/mol. The van der Waals surface area contributed by atoms with Crippen LogP contribution in [0.3, 0.4) is 0 Å². The summed E-state index contributed by atoms with van der Waals surface area (Å²) in [5.41, 5.74) is -1.21. The standard InChI is InChI=1S/C12H12FNO5/c13-9-3-8(4-10(5-9)14(17)18)6-12(11(15)16)1-2-19-7-12/h3-5H,1-2,6-7H2,(H,15,16). The Morgan fingerprint density at radius 2 is 2.26 bits per heavy atom. The summed E-state index contributed by atoms with van der Waals surface area (Å²) >= 11 is 0. The van der Waals surface area contributed by atoms with Gasteiger partial charge in [-0.05, 0) is 24.5 Å². The summed E-state index contributed by atoms with van der Waals surface area (Å²) in [7, 11) is 0. The maximum Gasteiger partial charge on any atom is 0.312 e. The Balaban J connectivity index is 2.32. The van der Waals surface area contributed by atoms with Gasteiger partial charge in [0.2, 0.25) is 0 Å². The molecule has 19 heavy (non-hydrogen) atoms. The summed E-state index contributed by atoms with van der Waals surface area (Å²) in [6.07, 6.45) is 0.327. The van der Waals surface area contributed by atoms with Gasteiger partial charge in [-0.25, -0.2) is 4.39 Å². The normalized spacial score (nSPS) is 22.4. The van der Waals surface area contributed by atoms with Crippen LogP contribution in [0.4, 0.5) is 10.1 Å². The van der Waals surface area contributed by atoms with Crippen LogP contribution in [0.25, 0.3) is 0 Å². The number of aliphatic carboxylic acids is 1. The van der Waals surface area contributed by atoms with Gasteiger partial charge in [0.1, 0.15) is 5.82 Å². The molecule has 0 amide bonds.